The first-order valence-corrected chi connectivity index (χ1v) is 7.47. The van der Waals surface area contributed by atoms with Crippen molar-refractivity contribution in [1.29, 1.82) is 0 Å². The van der Waals surface area contributed by atoms with Crippen LogP contribution in [0.3, 0.4) is 0 Å². The summed E-state index contributed by atoms with van der Waals surface area (Å²) in [5.41, 5.74) is 1.10. The fourth-order valence-electron chi connectivity index (χ4n) is 2.18. The molecule has 100 valence electrons. The topological polar surface area (TPSA) is 21.7 Å². The van der Waals surface area contributed by atoms with E-state index in [-0.39, 0.29) is 0 Å². The summed E-state index contributed by atoms with van der Waals surface area (Å²) in [4.78, 5) is 2.25. The van der Waals surface area contributed by atoms with E-state index in [9.17, 15) is 0 Å². The number of halogens is 1. The van der Waals surface area contributed by atoms with E-state index in [1.807, 2.05) is 18.2 Å². The highest BCUT2D eigenvalue weighted by molar-refractivity contribution is 9.09. The monoisotopic (exact) mass is 313 g/mol. The lowest BCUT2D eigenvalue weighted by molar-refractivity contribution is -0.274. The number of alkyl halides is 1. The smallest absolute Gasteiger partial charge is 0.208 e. The van der Waals surface area contributed by atoms with Gasteiger partial charge in [0, 0.05) is 17.4 Å². The fourth-order valence-corrected chi connectivity index (χ4v) is 2.40. The van der Waals surface area contributed by atoms with E-state index in [2.05, 4.69) is 40.0 Å². The van der Waals surface area contributed by atoms with Crippen LogP contribution in [0.2, 0.25) is 0 Å². The lowest BCUT2D eigenvalue weighted by atomic mass is 10.0. The van der Waals surface area contributed by atoms with Crippen molar-refractivity contribution in [2.45, 2.75) is 12.2 Å². The molecule has 1 saturated heterocycles. The second-order valence-corrected chi connectivity index (χ2v) is 5.39. The molecule has 0 bridgehead atoms. The summed E-state index contributed by atoms with van der Waals surface area (Å²) in [5.74, 6) is -0.601. The molecule has 0 amide bonds. The van der Waals surface area contributed by atoms with Gasteiger partial charge in [-0.2, -0.15) is 0 Å². The van der Waals surface area contributed by atoms with Crippen molar-refractivity contribution in [2.24, 2.45) is 0 Å². The fraction of sp³-hybridized carbons (Fsp3) is 0.571. The van der Waals surface area contributed by atoms with Crippen molar-refractivity contribution >= 4 is 15.9 Å². The summed E-state index contributed by atoms with van der Waals surface area (Å²) in [6.07, 6.45) is 0.988. The molecular formula is C14H20BrNO2. The first-order chi connectivity index (χ1) is 8.77. The van der Waals surface area contributed by atoms with Crippen LogP contribution in [0.15, 0.2) is 30.3 Å². The van der Waals surface area contributed by atoms with E-state index in [0.29, 0.717) is 13.2 Å². The SMILES string of the molecule is CN1CCO[C@@](OCCCBr)(c2ccccc2)C1. The maximum atomic E-state index is 6.07. The normalized spacial score (nSPS) is 25.2. The van der Waals surface area contributed by atoms with Gasteiger partial charge in [-0.25, -0.2) is 0 Å². The summed E-state index contributed by atoms with van der Waals surface area (Å²) < 4.78 is 12.1. The summed E-state index contributed by atoms with van der Waals surface area (Å²) in [6.45, 7) is 3.14. The number of hydrogen-bond acceptors (Lipinski definition) is 3. The van der Waals surface area contributed by atoms with E-state index in [1.54, 1.807) is 0 Å². The Morgan fingerprint density at radius 1 is 1.39 bits per heavy atom. The lowest BCUT2D eigenvalue weighted by Gasteiger charge is -2.41. The molecule has 3 nitrogen and oxygen atoms in total. The van der Waals surface area contributed by atoms with E-state index in [4.69, 9.17) is 9.47 Å². The Morgan fingerprint density at radius 2 is 2.17 bits per heavy atom. The highest BCUT2D eigenvalue weighted by Crippen LogP contribution is 2.31. The van der Waals surface area contributed by atoms with Crippen LogP contribution in [0.5, 0.6) is 0 Å². The number of nitrogens with zero attached hydrogens (tertiary/aromatic N) is 1. The van der Waals surface area contributed by atoms with Crippen LogP contribution in [0.1, 0.15) is 12.0 Å². The molecule has 0 spiro atoms. The molecule has 1 aromatic carbocycles. The van der Waals surface area contributed by atoms with Crippen molar-refractivity contribution in [3.63, 3.8) is 0 Å². The van der Waals surface area contributed by atoms with Crippen LogP contribution >= 0.6 is 15.9 Å². The van der Waals surface area contributed by atoms with Gasteiger partial charge in [-0.05, 0) is 13.5 Å². The van der Waals surface area contributed by atoms with Crippen LogP contribution in [0, 0.1) is 0 Å². The van der Waals surface area contributed by atoms with E-state index >= 15 is 0 Å². The van der Waals surface area contributed by atoms with Gasteiger partial charge in [0.1, 0.15) is 0 Å². The van der Waals surface area contributed by atoms with Crippen LogP contribution < -0.4 is 0 Å². The van der Waals surface area contributed by atoms with E-state index in [0.717, 1.165) is 30.4 Å². The maximum absolute atomic E-state index is 6.07. The summed E-state index contributed by atoms with van der Waals surface area (Å²) in [7, 11) is 2.11. The van der Waals surface area contributed by atoms with Gasteiger partial charge in [-0.3, -0.25) is 4.90 Å². The molecule has 1 fully saturated rings. The zero-order chi connectivity index (χ0) is 12.8. The molecule has 2 rings (SSSR count). The quantitative estimate of drug-likeness (QED) is 0.616. The molecule has 1 aliphatic heterocycles. The molecule has 0 N–H and O–H groups in total. The molecule has 1 aliphatic rings. The van der Waals surface area contributed by atoms with E-state index in [1.165, 1.54) is 0 Å². The standard InChI is InChI=1S/C14H20BrNO2/c1-16-9-11-18-14(12-16,17-10-5-8-15)13-6-3-2-4-7-13/h2-4,6-7H,5,8-12H2,1H3/t14-/m1/s1. The van der Waals surface area contributed by atoms with Crippen molar-refractivity contribution in [3.05, 3.63) is 35.9 Å². The number of rotatable bonds is 5. The van der Waals surface area contributed by atoms with Crippen molar-refractivity contribution < 1.29 is 9.47 Å². The number of benzene rings is 1. The number of hydrogen-bond donors (Lipinski definition) is 0. The molecule has 0 aliphatic carbocycles. The van der Waals surface area contributed by atoms with Crippen molar-refractivity contribution in [2.75, 3.05) is 38.7 Å². The summed E-state index contributed by atoms with van der Waals surface area (Å²) in [6, 6.07) is 10.2. The predicted molar refractivity (Wildman–Crippen MR) is 75.9 cm³/mol. The zero-order valence-corrected chi connectivity index (χ0v) is 12.4. The minimum Gasteiger partial charge on any atom is -0.345 e. The largest absolute Gasteiger partial charge is 0.345 e. The van der Waals surface area contributed by atoms with Gasteiger partial charge < -0.3 is 9.47 Å². The van der Waals surface area contributed by atoms with Gasteiger partial charge >= 0.3 is 0 Å². The van der Waals surface area contributed by atoms with Crippen molar-refractivity contribution in [1.82, 2.24) is 4.90 Å². The third-order valence-corrected chi connectivity index (χ3v) is 3.67. The lowest BCUT2D eigenvalue weighted by Crippen LogP contribution is -2.50. The zero-order valence-electron chi connectivity index (χ0n) is 10.8. The third kappa shape index (κ3) is 3.32. The Kier molecular flexibility index (Phi) is 5.18. The Hall–Kier alpha value is -0.420. The average Bonchev–Trinajstić information content (AvgIpc) is 2.40. The van der Waals surface area contributed by atoms with Crippen LogP contribution in [-0.2, 0) is 15.3 Å². The summed E-state index contributed by atoms with van der Waals surface area (Å²) in [5, 5.41) is 0.952. The van der Waals surface area contributed by atoms with Crippen LogP contribution in [-0.4, -0.2) is 43.6 Å². The van der Waals surface area contributed by atoms with E-state index < -0.39 is 5.79 Å². The van der Waals surface area contributed by atoms with Gasteiger partial charge in [0.05, 0.1) is 19.8 Å². The molecule has 1 heterocycles. The first kappa shape index (κ1) is 14.0. The Labute approximate surface area is 117 Å². The van der Waals surface area contributed by atoms with Crippen LogP contribution in [0.4, 0.5) is 0 Å². The maximum Gasteiger partial charge on any atom is 0.208 e. The number of likely N-dealkylation sites (N-methyl/N-ethyl adjacent to an activating group) is 1. The third-order valence-electron chi connectivity index (χ3n) is 3.11. The molecule has 0 saturated carbocycles. The molecule has 4 heteroatoms. The highest BCUT2D eigenvalue weighted by Gasteiger charge is 2.38. The Balaban J connectivity index is 2.16. The molecule has 0 aromatic heterocycles. The van der Waals surface area contributed by atoms with Crippen molar-refractivity contribution in [3.8, 4) is 0 Å². The Morgan fingerprint density at radius 3 is 2.83 bits per heavy atom. The highest BCUT2D eigenvalue weighted by atomic mass is 79.9. The molecule has 18 heavy (non-hydrogen) atoms. The van der Waals surface area contributed by atoms with Gasteiger partial charge in [-0.1, -0.05) is 46.3 Å². The van der Waals surface area contributed by atoms with Gasteiger partial charge in [0.2, 0.25) is 5.79 Å². The molecule has 1 aromatic rings. The molecule has 0 radical (unpaired) electrons. The molecular weight excluding hydrogens is 294 g/mol. The molecule has 0 unspecified atom stereocenters. The van der Waals surface area contributed by atoms with Gasteiger partial charge in [0.25, 0.3) is 0 Å². The second-order valence-electron chi connectivity index (χ2n) is 4.60. The van der Waals surface area contributed by atoms with Crippen LogP contribution in [0.25, 0.3) is 0 Å². The molecule has 1 atom stereocenters. The van der Waals surface area contributed by atoms with Gasteiger partial charge in [0.15, 0.2) is 0 Å². The minimum absolute atomic E-state index is 0.601. The Bertz CT molecular complexity index is 360. The second kappa shape index (κ2) is 6.66. The number of morpholine rings is 1. The first-order valence-electron chi connectivity index (χ1n) is 6.35. The predicted octanol–water partition coefficient (Wildman–Crippen LogP) is 2.60. The average molecular weight is 314 g/mol. The van der Waals surface area contributed by atoms with Gasteiger partial charge in [-0.15, -0.1) is 0 Å². The summed E-state index contributed by atoms with van der Waals surface area (Å²) >= 11 is 3.43. The minimum atomic E-state index is -0.601. The number of ether oxygens (including phenoxy) is 2.